The van der Waals surface area contributed by atoms with Crippen molar-refractivity contribution in [1.82, 2.24) is 15.6 Å². The Bertz CT molecular complexity index is 365. The maximum atomic E-state index is 11.7. The highest BCUT2D eigenvalue weighted by molar-refractivity contribution is 7.09. The summed E-state index contributed by atoms with van der Waals surface area (Å²) in [5.41, 5.74) is 1.00. The van der Waals surface area contributed by atoms with Crippen LogP contribution >= 0.6 is 11.3 Å². The molecule has 0 spiro atoms. The molecule has 0 aliphatic rings. The number of amides is 1. The third-order valence-corrected chi connectivity index (χ3v) is 3.55. The molecule has 102 valence electrons. The van der Waals surface area contributed by atoms with Crippen molar-refractivity contribution in [2.24, 2.45) is 0 Å². The SMILES string of the molecule is CCCCCNC(=O)C(C)NCc1csc(C)n1. The summed E-state index contributed by atoms with van der Waals surface area (Å²) in [6.07, 6.45) is 3.40. The van der Waals surface area contributed by atoms with E-state index in [2.05, 4.69) is 22.5 Å². The molecule has 18 heavy (non-hydrogen) atoms. The van der Waals surface area contributed by atoms with Gasteiger partial charge in [0.05, 0.1) is 16.7 Å². The summed E-state index contributed by atoms with van der Waals surface area (Å²) in [4.78, 5) is 16.1. The topological polar surface area (TPSA) is 54.0 Å². The van der Waals surface area contributed by atoms with Gasteiger partial charge in [0.25, 0.3) is 0 Å². The predicted octanol–water partition coefficient (Wildman–Crippen LogP) is 2.24. The van der Waals surface area contributed by atoms with E-state index >= 15 is 0 Å². The summed E-state index contributed by atoms with van der Waals surface area (Å²) < 4.78 is 0. The smallest absolute Gasteiger partial charge is 0.236 e. The van der Waals surface area contributed by atoms with Crippen LogP contribution in [0.5, 0.6) is 0 Å². The van der Waals surface area contributed by atoms with Crippen LogP contribution in [-0.2, 0) is 11.3 Å². The third kappa shape index (κ3) is 5.60. The number of thiazole rings is 1. The molecule has 1 aromatic heterocycles. The van der Waals surface area contributed by atoms with Crippen molar-refractivity contribution in [1.29, 1.82) is 0 Å². The molecule has 0 aliphatic heterocycles. The van der Waals surface area contributed by atoms with Crippen LogP contribution in [0.3, 0.4) is 0 Å². The number of unbranched alkanes of at least 4 members (excludes halogenated alkanes) is 2. The molecule has 0 saturated carbocycles. The fraction of sp³-hybridized carbons (Fsp3) is 0.692. The van der Waals surface area contributed by atoms with E-state index < -0.39 is 0 Å². The molecule has 1 atom stereocenters. The van der Waals surface area contributed by atoms with Crippen molar-refractivity contribution in [2.45, 2.75) is 52.6 Å². The Morgan fingerprint density at radius 2 is 2.28 bits per heavy atom. The monoisotopic (exact) mass is 269 g/mol. The maximum absolute atomic E-state index is 11.7. The van der Waals surface area contributed by atoms with E-state index in [1.54, 1.807) is 11.3 Å². The largest absolute Gasteiger partial charge is 0.355 e. The first-order chi connectivity index (χ1) is 8.63. The number of aromatic nitrogens is 1. The molecule has 1 aromatic rings. The molecule has 0 aliphatic carbocycles. The van der Waals surface area contributed by atoms with Gasteiger partial charge >= 0.3 is 0 Å². The Balaban J connectivity index is 2.19. The van der Waals surface area contributed by atoms with Crippen molar-refractivity contribution in [2.75, 3.05) is 6.54 Å². The first-order valence-corrected chi connectivity index (χ1v) is 7.43. The Morgan fingerprint density at radius 3 is 2.89 bits per heavy atom. The van der Waals surface area contributed by atoms with Gasteiger partial charge in [-0.05, 0) is 20.3 Å². The Hall–Kier alpha value is -0.940. The van der Waals surface area contributed by atoms with Crippen LogP contribution in [0.2, 0.25) is 0 Å². The van der Waals surface area contributed by atoms with Gasteiger partial charge in [-0.1, -0.05) is 19.8 Å². The molecular weight excluding hydrogens is 246 g/mol. The second-order valence-electron chi connectivity index (χ2n) is 4.46. The van der Waals surface area contributed by atoms with Crippen molar-refractivity contribution < 1.29 is 4.79 Å². The first-order valence-electron chi connectivity index (χ1n) is 6.55. The molecule has 0 fully saturated rings. The fourth-order valence-electron chi connectivity index (χ4n) is 1.58. The predicted molar refractivity (Wildman–Crippen MR) is 75.7 cm³/mol. The van der Waals surface area contributed by atoms with E-state index in [1.807, 2.05) is 19.2 Å². The number of carbonyl (C=O) groups is 1. The molecule has 1 amide bonds. The molecule has 0 saturated heterocycles. The van der Waals surface area contributed by atoms with E-state index in [-0.39, 0.29) is 11.9 Å². The van der Waals surface area contributed by atoms with Crippen molar-refractivity contribution >= 4 is 17.2 Å². The van der Waals surface area contributed by atoms with E-state index in [0.29, 0.717) is 6.54 Å². The number of aryl methyl sites for hydroxylation is 1. The molecule has 2 N–H and O–H groups in total. The Kier molecular flexibility index (Phi) is 6.90. The normalized spacial score (nSPS) is 12.4. The Labute approximate surface area is 113 Å². The van der Waals surface area contributed by atoms with Crippen LogP contribution < -0.4 is 10.6 Å². The minimum atomic E-state index is -0.173. The number of hydrogen-bond acceptors (Lipinski definition) is 4. The second-order valence-corrected chi connectivity index (χ2v) is 5.52. The number of nitrogens with zero attached hydrogens (tertiary/aromatic N) is 1. The fourth-order valence-corrected chi connectivity index (χ4v) is 2.19. The average Bonchev–Trinajstić information content (AvgIpc) is 2.77. The molecular formula is C13H23N3OS. The molecule has 1 rings (SSSR count). The average molecular weight is 269 g/mol. The van der Waals surface area contributed by atoms with Crippen molar-refractivity contribution in [3.05, 3.63) is 16.1 Å². The quantitative estimate of drug-likeness (QED) is 0.712. The zero-order chi connectivity index (χ0) is 13.4. The van der Waals surface area contributed by atoms with Crippen molar-refractivity contribution in [3.63, 3.8) is 0 Å². The van der Waals surface area contributed by atoms with E-state index in [9.17, 15) is 4.79 Å². The number of carbonyl (C=O) groups excluding carboxylic acids is 1. The zero-order valence-corrected chi connectivity index (χ0v) is 12.3. The standard InChI is InChI=1S/C13H23N3OS/c1-4-5-6-7-14-13(17)10(2)15-8-12-9-18-11(3)16-12/h9-10,15H,4-8H2,1-3H3,(H,14,17). The van der Waals surface area contributed by atoms with Crippen LogP contribution in [0.4, 0.5) is 0 Å². The lowest BCUT2D eigenvalue weighted by Gasteiger charge is -2.13. The lowest BCUT2D eigenvalue weighted by atomic mass is 10.2. The summed E-state index contributed by atoms with van der Waals surface area (Å²) in [5, 5.41) is 9.21. The summed E-state index contributed by atoms with van der Waals surface area (Å²) >= 11 is 1.63. The minimum absolute atomic E-state index is 0.0676. The van der Waals surface area contributed by atoms with Gasteiger partial charge in [0.15, 0.2) is 0 Å². The highest BCUT2D eigenvalue weighted by atomic mass is 32.1. The zero-order valence-electron chi connectivity index (χ0n) is 11.5. The summed E-state index contributed by atoms with van der Waals surface area (Å²) in [6, 6.07) is -0.173. The van der Waals surface area contributed by atoms with Gasteiger partial charge in [-0.15, -0.1) is 11.3 Å². The lowest BCUT2D eigenvalue weighted by molar-refractivity contribution is -0.122. The molecule has 1 heterocycles. The van der Waals surface area contributed by atoms with Gasteiger partial charge in [0.1, 0.15) is 0 Å². The van der Waals surface area contributed by atoms with Crippen LogP contribution in [0.25, 0.3) is 0 Å². The highest BCUT2D eigenvalue weighted by Crippen LogP contribution is 2.07. The van der Waals surface area contributed by atoms with E-state index in [1.165, 1.54) is 12.8 Å². The van der Waals surface area contributed by atoms with Gasteiger partial charge in [0, 0.05) is 18.5 Å². The first kappa shape index (κ1) is 15.1. The molecule has 0 bridgehead atoms. The second kappa shape index (κ2) is 8.21. The molecule has 4 nitrogen and oxygen atoms in total. The number of rotatable bonds is 8. The number of nitrogens with one attached hydrogen (secondary N) is 2. The van der Waals surface area contributed by atoms with Gasteiger partial charge < -0.3 is 10.6 Å². The van der Waals surface area contributed by atoms with Crippen molar-refractivity contribution in [3.8, 4) is 0 Å². The van der Waals surface area contributed by atoms with Crippen LogP contribution in [0.1, 0.15) is 43.8 Å². The molecule has 5 heteroatoms. The summed E-state index contributed by atoms with van der Waals surface area (Å²) in [5.74, 6) is 0.0676. The highest BCUT2D eigenvalue weighted by Gasteiger charge is 2.11. The lowest BCUT2D eigenvalue weighted by Crippen LogP contribution is -2.42. The van der Waals surface area contributed by atoms with Crippen LogP contribution in [0, 0.1) is 6.92 Å². The maximum Gasteiger partial charge on any atom is 0.236 e. The minimum Gasteiger partial charge on any atom is -0.355 e. The van der Waals surface area contributed by atoms with Crippen LogP contribution in [0.15, 0.2) is 5.38 Å². The third-order valence-electron chi connectivity index (χ3n) is 2.73. The Morgan fingerprint density at radius 1 is 1.50 bits per heavy atom. The molecule has 1 unspecified atom stereocenters. The van der Waals surface area contributed by atoms with Gasteiger partial charge in [-0.2, -0.15) is 0 Å². The summed E-state index contributed by atoms with van der Waals surface area (Å²) in [6.45, 7) is 7.44. The summed E-state index contributed by atoms with van der Waals surface area (Å²) in [7, 11) is 0. The van der Waals surface area contributed by atoms with Gasteiger partial charge in [0.2, 0.25) is 5.91 Å². The van der Waals surface area contributed by atoms with Gasteiger partial charge in [-0.3, -0.25) is 4.79 Å². The number of hydrogen-bond donors (Lipinski definition) is 2. The molecule has 0 aromatic carbocycles. The van der Waals surface area contributed by atoms with Gasteiger partial charge in [-0.25, -0.2) is 4.98 Å². The van der Waals surface area contributed by atoms with E-state index in [4.69, 9.17) is 0 Å². The molecule has 0 radical (unpaired) electrons. The van der Waals surface area contributed by atoms with Crippen LogP contribution in [-0.4, -0.2) is 23.5 Å². The van der Waals surface area contributed by atoms with E-state index in [0.717, 1.165) is 23.7 Å².